The SMILES string of the molecule is CC(=O)CCNC(=O)COc1ccc(CCCCNC(=O)OCc2ccccc2)cc1. The van der Waals surface area contributed by atoms with Gasteiger partial charge in [0.05, 0.1) is 0 Å². The van der Waals surface area contributed by atoms with E-state index in [0.29, 0.717) is 25.3 Å². The third kappa shape index (κ3) is 10.8. The van der Waals surface area contributed by atoms with Gasteiger partial charge in [-0.15, -0.1) is 0 Å². The van der Waals surface area contributed by atoms with Crippen molar-refractivity contribution in [2.24, 2.45) is 0 Å². The number of ether oxygens (including phenoxy) is 2. The van der Waals surface area contributed by atoms with Crippen LogP contribution in [0, 0.1) is 0 Å². The van der Waals surface area contributed by atoms with E-state index in [9.17, 15) is 14.4 Å². The number of ketones is 1. The molecule has 7 heteroatoms. The van der Waals surface area contributed by atoms with Crippen molar-refractivity contribution in [1.82, 2.24) is 10.6 Å². The molecule has 0 aliphatic heterocycles. The van der Waals surface area contributed by atoms with E-state index in [2.05, 4.69) is 10.6 Å². The summed E-state index contributed by atoms with van der Waals surface area (Å²) in [7, 11) is 0. The quantitative estimate of drug-likeness (QED) is 0.479. The second kappa shape index (κ2) is 13.8. The Bertz CT molecular complexity index is 822. The molecule has 31 heavy (non-hydrogen) atoms. The minimum Gasteiger partial charge on any atom is -0.484 e. The van der Waals surface area contributed by atoms with Crippen LogP contribution in [0.5, 0.6) is 5.75 Å². The smallest absolute Gasteiger partial charge is 0.407 e. The van der Waals surface area contributed by atoms with Gasteiger partial charge in [0.1, 0.15) is 18.1 Å². The van der Waals surface area contributed by atoms with Crippen LogP contribution in [0.2, 0.25) is 0 Å². The van der Waals surface area contributed by atoms with Crippen LogP contribution in [0.15, 0.2) is 54.6 Å². The summed E-state index contributed by atoms with van der Waals surface area (Å²) >= 11 is 0. The highest BCUT2D eigenvalue weighted by atomic mass is 16.5. The Morgan fingerprint density at radius 2 is 1.58 bits per heavy atom. The molecule has 0 aliphatic carbocycles. The molecular formula is C24H30N2O5. The molecule has 0 bridgehead atoms. The fourth-order valence-electron chi connectivity index (χ4n) is 2.75. The number of rotatable bonds is 13. The molecule has 2 amide bonds. The fourth-order valence-corrected chi connectivity index (χ4v) is 2.75. The summed E-state index contributed by atoms with van der Waals surface area (Å²) in [6, 6.07) is 17.1. The highest BCUT2D eigenvalue weighted by molar-refractivity contribution is 5.79. The summed E-state index contributed by atoms with van der Waals surface area (Å²) in [6.07, 6.45) is 2.57. The zero-order chi connectivity index (χ0) is 22.3. The number of unbranched alkanes of at least 4 members (excludes halogenated alkanes) is 1. The number of carbonyl (C=O) groups is 3. The molecule has 2 aromatic rings. The van der Waals surface area contributed by atoms with Gasteiger partial charge in [0.2, 0.25) is 0 Å². The number of hydrogen-bond acceptors (Lipinski definition) is 5. The first-order valence-corrected chi connectivity index (χ1v) is 10.5. The Kier molecular flexibility index (Phi) is 10.6. The number of Topliss-reactive ketones (excluding diaryl/α,β-unsaturated/α-hetero) is 1. The fraction of sp³-hybridized carbons (Fsp3) is 0.375. The van der Waals surface area contributed by atoms with Gasteiger partial charge in [-0.2, -0.15) is 0 Å². The van der Waals surface area contributed by atoms with E-state index < -0.39 is 6.09 Å². The van der Waals surface area contributed by atoms with Crippen LogP contribution in [0.25, 0.3) is 0 Å². The van der Waals surface area contributed by atoms with Gasteiger partial charge in [0.25, 0.3) is 5.91 Å². The van der Waals surface area contributed by atoms with Gasteiger partial charge in [-0.3, -0.25) is 9.59 Å². The normalized spacial score (nSPS) is 10.2. The number of benzene rings is 2. The highest BCUT2D eigenvalue weighted by Crippen LogP contribution is 2.13. The lowest BCUT2D eigenvalue weighted by Gasteiger charge is -2.08. The van der Waals surface area contributed by atoms with Gasteiger partial charge in [0, 0.05) is 19.5 Å². The standard InChI is InChI=1S/C24H30N2O5/c1-19(27)14-16-25-23(28)18-30-22-12-10-20(11-13-22)7-5-6-15-26-24(29)31-17-21-8-3-2-4-9-21/h2-4,8-13H,5-7,14-18H2,1H3,(H,25,28)(H,26,29). The summed E-state index contributed by atoms with van der Waals surface area (Å²) in [5, 5.41) is 5.39. The molecule has 2 N–H and O–H groups in total. The van der Waals surface area contributed by atoms with E-state index >= 15 is 0 Å². The summed E-state index contributed by atoms with van der Waals surface area (Å²) in [4.78, 5) is 34.2. The Morgan fingerprint density at radius 1 is 0.839 bits per heavy atom. The molecule has 2 aromatic carbocycles. The molecule has 0 radical (unpaired) electrons. The molecule has 0 heterocycles. The summed E-state index contributed by atoms with van der Waals surface area (Å²) in [5.41, 5.74) is 2.11. The number of amides is 2. The molecule has 0 spiro atoms. The van der Waals surface area contributed by atoms with Crippen molar-refractivity contribution in [2.45, 2.75) is 39.2 Å². The molecule has 0 aliphatic rings. The molecular weight excluding hydrogens is 396 g/mol. The first kappa shape index (κ1) is 23.9. The molecule has 0 unspecified atom stereocenters. The van der Waals surface area contributed by atoms with Gasteiger partial charge in [0.15, 0.2) is 6.61 Å². The van der Waals surface area contributed by atoms with Gasteiger partial charge in [-0.1, -0.05) is 42.5 Å². The lowest BCUT2D eigenvalue weighted by molar-refractivity contribution is -0.123. The lowest BCUT2D eigenvalue weighted by atomic mass is 10.1. The van der Waals surface area contributed by atoms with E-state index in [1.807, 2.05) is 54.6 Å². The number of hydrogen-bond donors (Lipinski definition) is 2. The minimum absolute atomic E-state index is 0.0376. The van der Waals surface area contributed by atoms with E-state index in [1.54, 1.807) is 0 Å². The van der Waals surface area contributed by atoms with Crippen LogP contribution < -0.4 is 15.4 Å². The molecule has 0 saturated heterocycles. The third-order valence-electron chi connectivity index (χ3n) is 4.47. The van der Waals surface area contributed by atoms with Crippen LogP contribution in [0.3, 0.4) is 0 Å². The zero-order valence-electron chi connectivity index (χ0n) is 17.9. The second-order valence-corrected chi connectivity index (χ2v) is 7.18. The first-order chi connectivity index (χ1) is 15.0. The average molecular weight is 427 g/mol. The highest BCUT2D eigenvalue weighted by Gasteiger charge is 2.04. The van der Waals surface area contributed by atoms with Crippen molar-refractivity contribution in [2.75, 3.05) is 19.7 Å². The van der Waals surface area contributed by atoms with Crippen molar-refractivity contribution < 1.29 is 23.9 Å². The predicted octanol–water partition coefficient (Wildman–Crippen LogP) is 3.41. The maximum absolute atomic E-state index is 11.7. The Balaban J connectivity index is 1.54. The van der Waals surface area contributed by atoms with Crippen molar-refractivity contribution in [3.8, 4) is 5.75 Å². The van der Waals surface area contributed by atoms with Gasteiger partial charge < -0.3 is 20.1 Å². The monoisotopic (exact) mass is 426 g/mol. The molecule has 0 atom stereocenters. The van der Waals surface area contributed by atoms with Gasteiger partial charge >= 0.3 is 6.09 Å². The molecule has 166 valence electrons. The summed E-state index contributed by atoms with van der Waals surface area (Å²) in [5.74, 6) is 0.406. The number of nitrogens with one attached hydrogen (secondary N) is 2. The topological polar surface area (TPSA) is 93.7 Å². The number of alkyl carbamates (subject to hydrolysis) is 1. The Hall–Kier alpha value is -3.35. The Labute approximate surface area is 183 Å². The minimum atomic E-state index is -0.407. The summed E-state index contributed by atoms with van der Waals surface area (Å²) < 4.78 is 10.6. The van der Waals surface area contributed by atoms with E-state index in [-0.39, 0.29) is 24.9 Å². The molecule has 2 rings (SSSR count). The number of carbonyl (C=O) groups excluding carboxylic acids is 3. The summed E-state index contributed by atoms with van der Waals surface area (Å²) in [6.45, 7) is 2.57. The molecule has 7 nitrogen and oxygen atoms in total. The number of aryl methyl sites for hydroxylation is 1. The van der Waals surface area contributed by atoms with Crippen molar-refractivity contribution in [3.05, 3.63) is 65.7 Å². The second-order valence-electron chi connectivity index (χ2n) is 7.18. The lowest BCUT2D eigenvalue weighted by Crippen LogP contribution is -2.30. The van der Waals surface area contributed by atoms with Crippen LogP contribution >= 0.6 is 0 Å². The molecule has 0 fully saturated rings. The van der Waals surface area contributed by atoms with Crippen LogP contribution in [-0.4, -0.2) is 37.5 Å². The van der Waals surface area contributed by atoms with Crippen molar-refractivity contribution in [3.63, 3.8) is 0 Å². The molecule has 0 saturated carbocycles. The average Bonchev–Trinajstić information content (AvgIpc) is 2.77. The maximum Gasteiger partial charge on any atom is 0.407 e. The van der Waals surface area contributed by atoms with E-state index in [0.717, 1.165) is 30.4 Å². The molecule has 0 aromatic heterocycles. The van der Waals surface area contributed by atoms with Gasteiger partial charge in [-0.25, -0.2) is 4.79 Å². The van der Waals surface area contributed by atoms with Crippen LogP contribution in [-0.2, 0) is 27.4 Å². The van der Waals surface area contributed by atoms with Crippen LogP contribution in [0.4, 0.5) is 4.79 Å². The van der Waals surface area contributed by atoms with Crippen LogP contribution in [0.1, 0.15) is 37.3 Å². The van der Waals surface area contributed by atoms with Crippen molar-refractivity contribution in [1.29, 1.82) is 0 Å². The van der Waals surface area contributed by atoms with Gasteiger partial charge in [-0.05, 0) is 49.4 Å². The van der Waals surface area contributed by atoms with Crippen molar-refractivity contribution >= 4 is 17.8 Å². The largest absolute Gasteiger partial charge is 0.484 e. The van der Waals surface area contributed by atoms with E-state index in [1.165, 1.54) is 6.92 Å². The maximum atomic E-state index is 11.7. The predicted molar refractivity (Wildman–Crippen MR) is 118 cm³/mol. The Morgan fingerprint density at radius 3 is 2.29 bits per heavy atom. The first-order valence-electron chi connectivity index (χ1n) is 10.5. The zero-order valence-corrected chi connectivity index (χ0v) is 17.9. The third-order valence-corrected chi connectivity index (χ3v) is 4.47. The van der Waals surface area contributed by atoms with E-state index in [4.69, 9.17) is 9.47 Å².